The second-order valence-electron chi connectivity index (χ2n) is 7.26. The highest BCUT2D eigenvalue weighted by Gasteiger charge is 2.26. The number of carbonyl (C=O) groups excluding carboxylic acids is 1. The van der Waals surface area contributed by atoms with E-state index in [-0.39, 0.29) is 17.3 Å². The molecule has 1 unspecified atom stereocenters. The number of hydrogen-bond acceptors (Lipinski definition) is 5. The molecule has 0 aliphatic carbocycles. The highest BCUT2D eigenvalue weighted by Crippen LogP contribution is 2.33. The Kier molecular flexibility index (Phi) is 5.59. The number of fused-ring (bicyclic) bond motifs is 1. The van der Waals surface area contributed by atoms with E-state index in [0.717, 1.165) is 5.39 Å². The van der Waals surface area contributed by atoms with Crippen LogP contribution in [0.4, 0.5) is 14.6 Å². The van der Waals surface area contributed by atoms with Crippen LogP contribution >= 0.6 is 0 Å². The summed E-state index contributed by atoms with van der Waals surface area (Å²) in [5.41, 5.74) is 0.873. The number of alkyl halides is 2. The van der Waals surface area contributed by atoms with Crippen LogP contribution < -0.4 is 4.90 Å². The number of aliphatic hydroxyl groups excluding tert-OH is 1. The van der Waals surface area contributed by atoms with Gasteiger partial charge < -0.3 is 14.9 Å². The number of carbonyl (C=O) groups is 1. The molecule has 0 bridgehead atoms. The molecule has 1 N–H and O–H groups in total. The van der Waals surface area contributed by atoms with E-state index in [2.05, 4.69) is 9.97 Å². The predicted molar refractivity (Wildman–Crippen MR) is 110 cm³/mol. The van der Waals surface area contributed by atoms with E-state index in [9.17, 15) is 18.7 Å². The number of para-hydroxylation sites is 1. The molecular weight excluding hydrogens is 390 g/mol. The molecule has 8 heteroatoms. The van der Waals surface area contributed by atoms with Gasteiger partial charge in [0.15, 0.2) is 5.82 Å². The van der Waals surface area contributed by atoms with Crippen LogP contribution in [0.15, 0.2) is 48.5 Å². The smallest absolute Gasteiger partial charge is 0.264 e. The maximum atomic E-state index is 13.5. The molecule has 1 aliphatic rings. The standard InChI is InChI=1S/C22H22F2N4O2/c1-14(29)22(30)28-12-10-27(11-13-28)21-17-8-4-5-9-18(17)25-20(26-21)16-7-3-2-6-15(16)19(23)24/h2-9,14,19,29H,10-13H2,1H3. The average molecular weight is 412 g/mol. The summed E-state index contributed by atoms with van der Waals surface area (Å²) in [4.78, 5) is 24.9. The first-order valence-corrected chi connectivity index (χ1v) is 9.81. The SMILES string of the molecule is CC(O)C(=O)N1CCN(c2nc(-c3ccccc3C(F)F)nc3ccccc23)CC1. The zero-order valence-corrected chi connectivity index (χ0v) is 16.5. The Labute approximate surface area is 172 Å². The first kappa shape index (κ1) is 20.2. The number of rotatable bonds is 4. The largest absolute Gasteiger partial charge is 0.384 e. The molecule has 1 amide bonds. The molecule has 1 aromatic heterocycles. The third-order valence-electron chi connectivity index (χ3n) is 5.27. The fourth-order valence-electron chi connectivity index (χ4n) is 3.72. The summed E-state index contributed by atoms with van der Waals surface area (Å²) in [6.07, 6.45) is -3.66. The molecule has 1 aliphatic heterocycles. The summed E-state index contributed by atoms with van der Waals surface area (Å²) in [6.45, 7) is 3.40. The van der Waals surface area contributed by atoms with E-state index < -0.39 is 12.5 Å². The fraction of sp³-hybridized carbons (Fsp3) is 0.318. The molecule has 2 aromatic carbocycles. The third-order valence-corrected chi connectivity index (χ3v) is 5.27. The van der Waals surface area contributed by atoms with E-state index in [4.69, 9.17) is 0 Å². The monoisotopic (exact) mass is 412 g/mol. The summed E-state index contributed by atoms with van der Waals surface area (Å²) in [7, 11) is 0. The fourth-order valence-corrected chi connectivity index (χ4v) is 3.72. The molecule has 0 saturated carbocycles. The number of amides is 1. The van der Waals surface area contributed by atoms with Crippen molar-refractivity contribution in [3.63, 3.8) is 0 Å². The molecule has 30 heavy (non-hydrogen) atoms. The highest BCUT2D eigenvalue weighted by molar-refractivity contribution is 5.91. The van der Waals surface area contributed by atoms with E-state index in [1.165, 1.54) is 13.0 Å². The van der Waals surface area contributed by atoms with Crippen molar-refractivity contribution in [2.24, 2.45) is 0 Å². The van der Waals surface area contributed by atoms with Crippen molar-refractivity contribution >= 4 is 22.6 Å². The van der Waals surface area contributed by atoms with Crippen LogP contribution in [0.3, 0.4) is 0 Å². The van der Waals surface area contributed by atoms with E-state index in [0.29, 0.717) is 43.1 Å². The van der Waals surface area contributed by atoms with Gasteiger partial charge >= 0.3 is 0 Å². The lowest BCUT2D eigenvalue weighted by Crippen LogP contribution is -2.51. The van der Waals surface area contributed by atoms with Gasteiger partial charge in [-0.2, -0.15) is 0 Å². The molecule has 2 heterocycles. The summed E-state index contributed by atoms with van der Waals surface area (Å²) in [5.74, 6) is 0.611. The molecule has 1 atom stereocenters. The van der Waals surface area contributed by atoms with E-state index in [1.807, 2.05) is 29.2 Å². The van der Waals surface area contributed by atoms with Gasteiger partial charge in [0.1, 0.15) is 11.9 Å². The molecule has 0 radical (unpaired) electrons. The van der Waals surface area contributed by atoms with Crippen molar-refractivity contribution in [2.45, 2.75) is 19.5 Å². The second kappa shape index (κ2) is 8.31. The Bertz CT molecular complexity index is 1070. The van der Waals surface area contributed by atoms with Gasteiger partial charge in [-0.25, -0.2) is 18.7 Å². The Morgan fingerprint density at radius 3 is 2.37 bits per heavy atom. The van der Waals surface area contributed by atoms with Gasteiger partial charge in [0.05, 0.1) is 5.52 Å². The lowest BCUT2D eigenvalue weighted by molar-refractivity contribution is -0.139. The zero-order chi connectivity index (χ0) is 21.3. The van der Waals surface area contributed by atoms with E-state index in [1.54, 1.807) is 23.1 Å². The number of halogens is 2. The number of piperazine rings is 1. The average Bonchev–Trinajstić information content (AvgIpc) is 2.77. The molecule has 0 spiro atoms. The Morgan fingerprint density at radius 2 is 1.67 bits per heavy atom. The summed E-state index contributed by atoms with van der Waals surface area (Å²) >= 11 is 0. The lowest BCUT2D eigenvalue weighted by atomic mass is 10.1. The van der Waals surface area contributed by atoms with Crippen LogP contribution in [0.5, 0.6) is 0 Å². The number of hydrogen-bond donors (Lipinski definition) is 1. The third kappa shape index (κ3) is 3.82. The van der Waals surface area contributed by atoms with Crippen LogP contribution in [0.1, 0.15) is 18.9 Å². The number of aliphatic hydroxyl groups is 1. The van der Waals surface area contributed by atoms with Gasteiger partial charge in [0, 0.05) is 42.7 Å². The van der Waals surface area contributed by atoms with Gasteiger partial charge in [0.2, 0.25) is 0 Å². The first-order chi connectivity index (χ1) is 14.5. The Balaban J connectivity index is 1.73. The number of benzene rings is 2. The van der Waals surface area contributed by atoms with Gasteiger partial charge in [0.25, 0.3) is 12.3 Å². The van der Waals surface area contributed by atoms with Crippen molar-refractivity contribution in [3.8, 4) is 11.4 Å². The molecule has 1 saturated heterocycles. The molecule has 156 valence electrons. The summed E-state index contributed by atoms with van der Waals surface area (Å²) in [5, 5.41) is 10.4. The first-order valence-electron chi connectivity index (χ1n) is 9.81. The van der Waals surface area contributed by atoms with Gasteiger partial charge in [-0.3, -0.25) is 4.79 Å². The van der Waals surface area contributed by atoms with Crippen molar-refractivity contribution in [2.75, 3.05) is 31.1 Å². The molecule has 4 rings (SSSR count). The van der Waals surface area contributed by atoms with Crippen LogP contribution in [-0.4, -0.2) is 58.2 Å². The quantitative estimate of drug-likeness (QED) is 0.712. The minimum Gasteiger partial charge on any atom is -0.384 e. The van der Waals surface area contributed by atoms with Crippen LogP contribution in [-0.2, 0) is 4.79 Å². The second-order valence-corrected chi connectivity index (χ2v) is 7.26. The minimum absolute atomic E-state index is 0.105. The number of aromatic nitrogens is 2. The van der Waals surface area contributed by atoms with Crippen molar-refractivity contribution in [1.82, 2.24) is 14.9 Å². The Morgan fingerprint density at radius 1 is 1.00 bits per heavy atom. The van der Waals surface area contributed by atoms with Crippen LogP contribution in [0, 0.1) is 0 Å². The number of anilines is 1. The maximum absolute atomic E-state index is 13.5. The molecular formula is C22H22F2N4O2. The number of nitrogens with zero attached hydrogens (tertiary/aromatic N) is 4. The molecule has 1 fully saturated rings. The summed E-state index contributed by atoms with van der Waals surface area (Å²) < 4.78 is 27.1. The zero-order valence-electron chi connectivity index (χ0n) is 16.5. The van der Waals surface area contributed by atoms with Crippen molar-refractivity contribution in [1.29, 1.82) is 0 Å². The lowest BCUT2D eigenvalue weighted by Gasteiger charge is -2.36. The van der Waals surface area contributed by atoms with Gasteiger partial charge in [-0.15, -0.1) is 0 Å². The van der Waals surface area contributed by atoms with Crippen LogP contribution in [0.2, 0.25) is 0 Å². The van der Waals surface area contributed by atoms with E-state index >= 15 is 0 Å². The highest BCUT2D eigenvalue weighted by atomic mass is 19.3. The maximum Gasteiger partial charge on any atom is 0.264 e. The minimum atomic E-state index is -2.63. The Hall–Kier alpha value is -3.13. The van der Waals surface area contributed by atoms with Crippen LogP contribution in [0.25, 0.3) is 22.3 Å². The normalized spacial score (nSPS) is 15.6. The van der Waals surface area contributed by atoms with Gasteiger partial charge in [-0.05, 0) is 19.1 Å². The van der Waals surface area contributed by atoms with Crippen molar-refractivity contribution in [3.05, 3.63) is 54.1 Å². The topological polar surface area (TPSA) is 69.6 Å². The summed E-state index contributed by atoms with van der Waals surface area (Å²) in [6, 6.07) is 13.7. The molecule has 6 nitrogen and oxygen atoms in total. The predicted octanol–water partition coefficient (Wildman–Crippen LogP) is 3.26. The van der Waals surface area contributed by atoms with Gasteiger partial charge in [-0.1, -0.05) is 36.4 Å². The van der Waals surface area contributed by atoms with Crippen molar-refractivity contribution < 1.29 is 18.7 Å². The molecule has 3 aromatic rings.